The molecule has 0 fully saturated rings. The first-order chi connectivity index (χ1) is 9.60. The van der Waals surface area contributed by atoms with Crippen molar-refractivity contribution in [2.24, 2.45) is 0 Å². The second-order valence-electron chi connectivity index (χ2n) is 3.79. The summed E-state index contributed by atoms with van der Waals surface area (Å²) in [6.45, 7) is 1.64. The molecule has 0 aromatic heterocycles. The SMILES string of the molecule is CCOC(=O)CC(=O)COc1ccc(C#N)cc1OC. The highest BCUT2D eigenvalue weighted by Crippen LogP contribution is 2.27. The van der Waals surface area contributed by atoms with Gasteiger partial charge in [-0.05, 0) is 19.1 Å². The second-order valence-corrected chi connectivity index (χ2v) is 3.79. The van der Waals surface area contributed by atoms with E-state index in [9.17, 15) is 9.59 Å². The summed E-state index contributed by atoms with van der Waals surface area (Å²) < 4.78 is 15.0. The van der Waals surface area contributed by atoms with Crippen LogP contribution in [-0.4, -0.2) is 32.1 Å². The topological polar surface area (TPSA) is 85.6 Å². The maximum atomic E-state index is 11.5. The molecule has 0 bridgehead atoms. The first-order valence-electron chi connectivity index (χ1n) is 5.99. The molecule has 20 heavy (non-hydrogen) atoms. The van der Waals surface area contributed by atoms with Gasteiger partial charge in [-0.3, -0.25) is 9.59 Å². The van der Waals surface area contributed by atoms with Crippen LogP contribution in [0.15, 0.2) is 18.2 Å². The van der Waals surface area contributed by atoms with Gasteiger partial charge in [0.2, 0.25) is 0 Å². The molecule has 1 rings (SSSR count). The van der Waals surface area contributed by atoms with Gasteiger partial charge in [0.1, 0.15) is 13.0 Å². The van der Waals surface area contributed by atoms with Gasteiger partial charge in [-0.2, -0.15) is 5.26 Å². The highest BCUT2D eigenvalue weighted by atomic mass is 16.5. The van der Waals surface area contributed by atoms with Gasteiger partial charge in [-0.25, -0.2) is 0 Å². The minimum Gasteiger partial charge on any atom is -0.493 e. The van der Waals surface area contributed by atoms with E-state index in [0.717, 1.165) is 0 Å². The predicted octanol–water partition coefficient (Wildman–Crippen LogP) is 1.47. The van der Waals surface area contributed by atoms with Gasteiger partial charge in [0.05, 0.1) is 25.3 Å². The van der Waals surface area contributed by atoms with E-state index in [1.54, 1.807) is 13.0 Å². The number of methoxy groups -OCH3 is 1. The van der Waals surface area contributed by atoms with Crippen LogP contribution >= 0.6 is 0 Å². The molecule has 0 heterocycles. The quantitative estimate of drug-likeness (QED) is 0.554. The largest absolute Gasteiger partial charge is 0.493 e. The molecule has 0 aliphatic heterocycles. The Hall–Kier alpha value is -2.55. The highest BCUT2D eigenvalue weighted by molar-refractivity contribution is 5.96. The number of carbonyl (C=O) groups is 2. The van der Waals surface area contributed by atoms with Crippen molar-refractivity contribution in [3.05, 3.63) is 23.8 Å². The lowest BCUT2D eigenvalue weighted by Crippen LogP contribution is -2.17. The Bertz CT molecular complexity index is 533. The van der Waals surface area contributed by atoms with Gasteiger partial charge >= 0.3 is 5.97 Å². The Morgan fingerprint density at radius 2 is 2.05 bits per heavy atom. The van der Waals surface area contributed by atoms with E-state index in [0.29, 0.717) is 17.1 Å². The molecule has 0 spiro atoms. The first kappa shape index (κ1) is 15.5. The monoisotopic (exact) mass is 277 g/mol. The van der Waals surface area contributed by atoms with Crippen LogP contribution in [0, 0.1) is 11.3 Å². The van der Waals surface area contributed by atoms with Gasteiger partial charge in [0, 0.05) is 6.07 Å². The van der Waals surface area contributed by atoms with E-state index in [4.69, 9.17) is 14.7 Å². The molecule has 0 saturated heterocycles. The molecular formula is C14H15NO5. The Balaban J connectivity index is 2.59. The lowest BCUT2D eigenvalue weighted by atomic mass is 10.2. The van der Waals surface area contributed by atoms with Gasteiger partial charge in [0.25, 0.3) is 0 Å². The molecule has 0 unspecified atom stereocenters. The third-order valence-electron chi connectivity index (χ3n) is 2.33. The number of hydrogen-bond acceptors (Lipinski definition) is 6. The minimum atomic E-state index is -0.576. The zero-order chi connectivity index (χ0) is 15.0. The minimum absolute atomic E-state index is 0.233. The molecule has 0 aliphatic rings. The fourth-order valence-electron chi connectivity index (χ4n) is 1.44. The molecule has 6 nitrogen and oxygen atoms in total. The Morgan fingerprint density at radius 1 is 1.30 bits per heavy atom. The Kier molecular flexibility index (Phi) is 6.04. The van der Waals surface area contributed by atoms with Crippen molar-refractivity contribution in [3.63, 3.8) is 0 Å². The summed E-state index contributed by atoms with van der Waals surface area (Å²) in [5.74, 6) is -0.278. The van der Waals surface area contributed by atoms with Crippen LogP contribution < -0.4 is 9.47 Å². The van der Waals surface area contributed by atoms with E-state index < -0.39 is 11.8 Å². The molecule has 6 heteroatoms. The van der Waals surface area contributed by atoms with Crippen molar-refractivity contribution in [1.82, 2.24) is 0 Å². The number of rotatable bonds is 7. The van der Waals surface area contributed by atoms with Crippen LogP contribution in [0.25, 0.3) is 0 Å². The van der Waals surface area contributed by atoms with Gasteiger partial charge in [0.15, 0.2) is 17.3 Å². The average molecular weight is 277 g/mol. The van der Waals surface area contributed by atoms with Crippen molar-refractivity contribution in [2.45, 2.75) is 13.3 Å². The molecule has 0 amide bonds. The van der Waals surface area contributed by atoms with Crippen molar-refractivity contribution in [1.29, 1.82) is 5.26 Å². The molecule has 0 N–H and O–H groups in total. The number of benzene rings is 1. The van der Waals surface area contributed by atoms with E-state index in [-0.39, 0.29) is 19.6 Å². The lowest BCUT2D eigenvalue weighted by Gasteiger charge is -2.10. The molecule has 106 valence electrons. The van der Waals surface area contributed by atoms with Crippen molar-refractivity contribution >= 4 is 11.8 Å². The third kappa shape index (κ3) is 4.61. The molecule has 0 aliphatic carbocycles. The number of hydrogen-bond donors (Lipinski definition) is 0. The molecular weight excluding hydrogens is 262 g/mol. The van der Waals surface area contributed by atoms with Crippen LogP contribution in [0.4, 0.5) is 0 Å². The van der Waals surface area contributed by atoms with Gasteiger partial charge < -0.3 is 14.2 Å². The summed E-state index contributed by atoms with van der Waals surface area (Å²) in [5, 5.41) is 8.76. The summed E-state index contributed by atoms with van der Waals surface area (Å²) in [4.78, 5) is 22.6. The predicted molar refractivity (Wildman–Crippen MR) is 69.5 cm³/mol. The zero-order valence-electron chi connectivity index (χ0n) is 11.3. The molecule has 0 radical (unpaired) electrons. The number of ether oxygens (including phenoxy) is 3. The summed E-state index contributed by atoms with van der Waals surface area (Å²) in [5.41, 5.74) is 0.423. The normalized spacial score (nSPS) is 9.45. The van der Waals surface area contributed by atoms with Crippen LogP contribution in [0.2, 0.25) is 0 Å². The summed E-state index contributed by atoms with van der Waals surface area (Å²) in [7, 11) is 1.43. The first-order valence-corrected chi connectivity index (χ1v) is 5.99. The number of ketones is 1. The molecule has 1 aromatic rings. The summed E-state index contributed by atoms with van der Waals surface area (Å²) in [6, 6.07) is 6.56. The highest BCUT2D eigenvalue weighted by Gasteiger charge is 2.13. The Labute approximate surface area is 116 Å². The summed E-state index contributed by atoms with van der Waals surface area (Å²) >= 11 is 0. The number of nitrogens with zero attached hydrogens (tertiary/aromatic N) is 1. The van der Waals surface area contributed by atoms with Crippen molar-refractivity contribution in [2.75, 3.05) is 20.3 Å². The van der Waals surface area contributed by atoms with Crippen LogP contribution in [0.1, 0.15) is 18.9 Å². The maximum Gasteiger partial charge on any atom is 0.313 e. The average Bonchev–Trinajstić information content (AvgIpc) is 2.45. The zero-order valence-corrected chi connectivity index (χ0v) is 11.3. The van der Waals surface area contributed by atoms with Gasteiger partial charge in [-0.1, -0.05) is 0 Å². The number of nitriles is 1. The number of Topliss-reactive ketones (excluding diaryl/α,β-unsaturated/α-hetero) is 1. The molecule has 0 saturated carbocycles. The van der Waals surface area contributed by atoms with Crippen LogP contribution in [-0.2, 0) is 14.3 Å². The fourth-order valence-corrected chi connectivity index (χ4v) is 1.44. The molecule has 0 atom stereocenters. The number of carbonyl (C=O) groups excluding carboxylic acids is 2. The van der Waals surface area contributed by atoms with E-state index in [2.05, 4.69) is 4.74 Å². The lowest BCUT2D eigenvalue weighted by molar-refractivity contribution is -0.145. The smallest absolute Gasteiger partial charge is 0.313 e. The van der Waals surface area contributed by atoms with E-state index in [1.165, 1.54) is 19.2 Å². The Morgan fingerprint density at radius 3 is 2.65 bits per heavy atom. The summed E-state index contributed by atoms with van der Waals surface area (Å²) in [6.07, 6.45) is -0.327. The molecule has 1 aromatic carbocycles. The van der Waals surface area contributed by atoms with Crippen LogP contribution in [0.5, 0.6) is 11.5 Å². The van der Waals surface area contributed by atoms with Crippen LogP contribution in [0.3, 0.4) is 0 Å². The standard InChI is InChI=1S/C14H15NO5/c1-3-19-14(17)7-11(16)9-20-12-5-4-10(8-15)6-13(12)18-2/h4-6H,3,7,9H2,1-2H3. The maximum absolute atomic E-state index is 11.5. The second kappa shape index (κ2) is 7.79. The van der Waals surface area contributed by atoms with Crippen molar-refractivity contribution < 1.29 is 23.8 Å². The van der Waals surface area contributed by atoms with Crippen molar-refractivity contribution in [3.8, 4) is 17.6 Å². The fraction of sp³-hybridized carbons (Fsp3) is 0.357. The van der Waals surface area contributed by atoms with E-state index in [1.807, 2.05) is 6.07 Å². The van der Waals surface area contributed by atoms with Gasteiger partial charge in [-0.15, -0.1) is 0 Å². The number of esters is 1. The third-order valence-corrected chi connectivity index (χ3v) is 2.33. The van der Waals surface area contributed by atoms with E-state index >= 15 is 0 Å².